The Morgan fingerprint density at radius 3 is 0.569 bits per heavy atom. The van der Waals surface area contributed by atoms with E-state index in [1.54, 1.807) is 0 Å². The standard InChI is InChI=1S/C122H156B2N4O2/c1-109(2,3)73-43-45-95-103(65-73)129-105-69-93(125(87-53-75(111(7,8)9)47-76(54-87)112(10,11)12)88-55-77(113(13,14)15)48-78(56-88)114(16,17)18)67-101-107(105)123(95)97-71-100-98(72-99(97)127(101)91-61-83(119(31,32)33)51-84(62-91)120(34,35)36)124-96-46-44-74(110(4,5)6)66-104(96)130-106-70-94(68-102(108(106)124)128(100)92-63-85(121(37,38)39)52-86(64-92)122(40,41)42)126(89-57-79(115(19,20)21)49-80(58-89)116(22,23)24)90-59-81(117(25,26)27)50-82(60-90)118(28,29)30/h43-72H,1-42H3. The van der Waals surface area contributed by atoms with Gasteiger partial charge in [0.25, 0.3) is 13.4 Å². The third-order valence-electron chi connectivity index (χ3n) is 28.3. The van der Waals surface area contributed by atoms with Crippen molar-refractivity contribution in [2.24, 2.45) is 0 Å². The minimum absolute atomic E-state index is 0.186. The van der Waals surface area contributed by atoms with E-state index < -0.39 is 0 Å². The zero-order valence-corrected chi connectivity index (χ0v) is 88.1. The van der Waals surface area contributed by atoms with E-state index in [2.05, 4.69) is 492 Å². The molecular formula is C122H156B2N4O2. The van der Waals surface area contributed by atoms with Gasteiger partial charge < -0.3 is 29.1 Å². The lowest BCUT2D eigenvalue weighted by Crippen LogP contribution is -2.63. The monoisotopic (exact) mass is 1730 g/mol. The Morgan fingerprint density at radius 2 is 0.369 bits per heavy atom. The Morgan fingerprint density at radius 1 is 0.177 bits per heavy atom. The fourth-order valence-electron chi connectivity index (χ4n) is 19.2. The number of hydrogen-bond donors (Lipinski definition) is 0. The second-order valence-electron chi connectivity index (χ2n) is 53.8. The molecule has 6 nitrogen and oxygen atoms in total. The highest BCUT2D eigenvalue weighted by Crippen LogP contribution is 2.55. The van der Waals surface area contributed by atoms with Gasteiger partial charge in [-0.2, -0.15) is 0 Å². The van der Waals surface area contributed by atoms with E-state index >= 15 is 0 Å². The molecule has 8 heteroatoms. The van der Waals surface area contributed by atoms with Crippen LogP contribution in [0.5, 0.6) is 23.0 Å². The predicted octanol–water partition coefficient (Wildman–Crippen LogP) is 31.6. The van der Waals surface area contributed by atoms with Crippen molar-refractivity contribution in [2.75, 3.05) is 19.6 Å². The summed E-state index contributed by atoms with van der Waals surface area (Å²) in [7, 11) is 0. The average molecular weight is 1730 g/mol. The summed E-state index contributed by atoms with van der Waals surface area (Å²) in [5.41, 5.74) is 35.1. The van der Waals surface area contributed by atoms with Gasteiger partial charge in [-0.1, -0.05) is 351 Å². The Bertz CT molecular complexity index is 5610. The Balaban J connectivity index is 1.16. The molecular weight excluding hydrogens is 1570 g/mol. The van der Waals surface area contributed by atoms with Gasteiger partial charge in [0.15, 0.2) is 0 Å². The van der Waals surface area contributed by atoms with Gasteiger partial charge in [0.2, 0.25) is 0 Å². The largest absolute Gasteiger partial charge is 0.458 e. The van der Waals surface area contributed by atoms with Crippen LogP contribution in [-0.4, -0.2) is 13.4 Å². The minimum atomic E-state index is -0.328. The van der Waals surface area contributed by atoms with Crippen molar-refractivity contribution < 1.29 is 9.47 Å². The van der Waals surface area contributed by atoms with Crippen LogP contribution in [0.15, 0.2) is 182 Å². The van der Waals surface area contributed by atoms with Crippen LogP contribution < -0.4 is 61.9 Å². The highest BCUT2D eigenvalue weighted by molar-refractivity contribution is 7.01. The van der Waals surface area contributed by atoms with E-state index in [4.69, 9.17) is 9.47 Å². The minimum Gasteiger partial charge on any atom is -0.458 e. The molecule has 0 radical (unpaired) electrons. The third kappa shape index (κ3) is 18.1. The zero-order chi connectivity index (χ0) is 95.9. The molecule has 0 fully saturated rings. The van der Waals surface area contributed by atoms with E-state index in [-0.39, 0.29) is 89.2 Å². The molecule has 4 heterocycles. The SMILES string of the molecule is CC(C)(C)c1cc(N(c2cc(C(C)(C)C)cc(C(C)(C)C)c2)c2cc3c4c(c2)N(c2cc(C(C)(C)C)cc(C(C)(C)C)c2)c2cc5c(cc2B4c2ccc(C(C)(C)C)cc2O3)N(c2cc(C(C)(C)C)cc(C(C)(C)C)c2)c2cc(N(c3cc(C(C)(C)C)cc(C(C)(C)C)c3)c3cc(C(C)(C)C)cc(C(C)(C)C)c3)cc3c2B5c2ccc(C(C)(C)C)cc2O3)cc(C(C)(C)C)c1. The number of rotatable bonds is 8. The number of anilines is 12. The smallest absolute Gasteiger partial charge is 0.256 e. The van der Waals surface area contributed by atoms with Gasteiger partial charge in [-0.25, -0.2) is 0 Å². The number of hydrogen-bond acceptors (Lipinski definition) is 6. The Labute approximate surface area is 787 Å². The highest BCUT2D eigenvalue weighted by atomic mass is 16.5. The average Bonchev–Trinajstić information content (AvgIpc) is 0.683. The van der Waals surface area contributed by atoms with E-state index in [0.29, 0.717) is 0 Å². The van der Waals surface area contributed by atoms with Crippen molar-refractivity contribution in [3.05, 3.63) is 260 Å². The van der Waals surface area contributed by atoms with Gasteiger partial charge in [-0.3, -0.25) is 0 Å². The normalized spacial score (nSPS) is 14.6. The van der Waals surface area contributed by atoms with E-state index in [9.17, 15) is 0 Å². The van der Waals surface area contributed by atoms with Crippen molar-refractivity contribution in [1.29, 1.82) is 0 Å². The van der Waals surface area contributed by atoms with Crippen molar-refractivity contribution in [3.8, 4) is 23.0 Å². The van der Waals surface area contributed by atoms with Gasteiger partial charge in [-0.15, -0.1) is 0 Å². The predicted molar refractivity (Wildman–Crippen MR) is 569 cm³/mol. The lowest BCUT2D eigenvalue weighted by Gasteiger charge is -2.45. The van der Waals surface area contributed by atoms with Gasteiger partial charge in [0.1, 0.15) is 23.0 Å². The Hall–Kier alpha value is -9.65. The van der Waals surface area contributed by atoms with Crippen LogP contribution in [0, 0.1) is 0 Å². The van der Waals surface area contributed by atoms with Crippen LogP contribution in [0.25, 0.3) is 0 Å². The number of ether oxygens (including phenoxy) is 2. The van der Waals surface area contributed by atoms with Crippen molar-refractivity contribution in [3.63, 3.8) is 0 Å². The van der Waals surface area contributed by atoms with Crippen molar-refractivity contribution in [1.82, 2.24) is 0 Å². The number of fused-ring (bicyclic) bond motifs is 8. The topological polar surface area (TPSA) is 31.4 Å². The van der Waals surface area contributed by atoms with Crippen LogP contribution in [0.1, 0.15) is 369 Å². The molecule has 0 N–H and O–H groups in total. The highest BCUT2D eigenvalue weighted by Gasteiger charge is 2.50. The Kier molecular flexibility index (Phi) is 22.6. The molecule has 0 amide bonds. The summed E-state index contributed by atoms with van der Waals surface area (Å²) in [4.78, 5) is 10.7. The first-order chi connectivity index (χ1) is 59.2. The quantitative estimate of drug-likeness (QED) is 0.141. The van der Waals surface area contributed by atoms with Gasteiger partial charge >= 0.3 is 0 Å². The molecule has 130 heavy (non-hydrogen) atoms. The molecule has 11 aromatic rings. The molecule has 0 saturated heterocycles. The van der Waals surface area contributed by atoms with Crippen LogP contribution in [0.3, 0.4) is 0 Å². The lowest BCUT2D eigenvalue weighted by molar-refractivity contribution is 0.483. The summed E-state index contributed by atoms with van der Waals surface area (Å²) in [6.07, 6.45) is 0. The van der Waals surface area contributed by atoms with Gasteiger partial charge in [0.05, 0.1) is 11.4 Å². The molecule has 0 atom stereocenters. The zero-order valence-electron chi connectivity index (χ0n) is 88.1. The molecule has 682 valence electrons. The first kappa shape index (κ1) is 95.0. The summed E-state index contributed by atoms with van der Waals surface area (Å²) in [6, 6.07) is 74.8. The van der Waals surface area contributed by atoms with Crippen LogP contribution >= 0.6 is 0 Å². The molecule has 11 aromatic carbocycles. The molecule has 0 bridgehead atoms. The molecule has 0 aromatic heterocycles. The number of benzene rings is 11. The van der Waals surface area contributed by atoms with Crippen molar-refractivity contribution >= 4 is 114 Å². The molecule has 15 rings (SSSR count). The molecule has 4 aliphatic heterocycles. The van der Waals surface area contributed by atoms with E-state index in [0.717, 1.165) is 113 Å². The van der Waals surface area contributed by atoms with E-state index in [1.807, 2.05) is 0 Å². The summed E-state index contributed by atoms with van der Waals surface area (Å²) >= 11 is 0. The second-order valence-corrected chi connectivity index (χ2v) is 53.8. The number of nitrogens with zero attached hydrogens (tertiary/aromatic N) is 4. The fourth-order valence-corrected chi connectivity index (χ4v) is 19.2. The molecule has 0 saturated carbocycles. The summed E-state index contributed by atoms with van der Waals surface area (Å²) in [6.45, 7) is 99.0. The second kappa shape index (κ2) is 31.0. The van der Waals surface area contributed by atoms with E-state index in [1.165, 1.54) is 88.8 Å². The van der Waals surface area contributed by atoms with Gasteiger partial charge in [0, 0.05) is 69.0 Å². The maximum absolute atomic E-state index is 8.09. The van der Waals surface area contributed by atoms with Gasteiger partial charge in [-0.05, 0) is 296 Å². The summed E-state index contributed by atoms with van der Waals surface area (Å²) < 4.78 is 16.2. The first-order valence-corrected chi connectivity index (χ1v) is 48.6. The maximum atomic E-state index is 8.09. The molecule has 0 unspecified atom stereocenters. The molecule has 4 aliphatic rings. The summed E-state index contributed by atoms with van der Waals surface area (Å²) in [5.74, 6) is 3.44. The fraction of sp³-hybridized carbons (Fsp3) is 0.459. The lowest BCUT2D eigenvalue weighted by atomic mass is 9.31. The first-order valence-electron chi connectivity index (χ1n) is 48.6. The third-order valence-corrected chi connectivity index (χ3v) is 28.3. The van der Waals surface area contributed by atoms with Crippen LogP contribution in [0.2, 0.25) is 0 Å². The van der Waals surface area contributed by atoms with Crippen LogP contribution in [0.4, 0.5) is 68.2 Å². The molecule has 0 aliphatic carbocycles. The van der Waals surface area contributed by atoms with Crippen molar-refractivity contribution in [2.45, 2.75) is 367 Å². The summed E-state index contributed by atoms with van der Waals surface area (Å²) in [5, 5.41) is 0. The maximum Gasteiger partial charge on any atom is 0.256 e. The molecule has 0 spiro atoms. The van der Waals surface area contributed by atoms with Crippen LogP contribution in [-0.2, 0) is 75.8 Å².